The van der Waals surface area contributed by atoms with E-state index in [2.05, 4.69) is 5.32 Å². The van der Waals surface area contributed by atoms with E-state index in [1.807, 2.05) is 12.1 Å². The molecule has 1 aliphatic carbocycles. The van der Waals surface area contributed by atoms with Crippen molar-refractivity contribution in [1.82, 2.24) is 5.32 Å². The first-order valence-electron chi connectivity index (χ1n) is 6.72. The first kappa shape index (κ1) is 15.1. The topological polar surface area (TPSA) is 58.6 Å². The molecule has 0 bridgehead atoms. The van der Waals surface area contributed by atoms with Gasteiger partial charge in [-0.3, -0.25) is 0 Å². The van der Waals surface area contributed by atoms with Crippen LogP contribution in [0, 0.1) is 0 Å². The number of hydrogen-bond donors (Lipinski definition) is 2. The number of fused-ring (bicyclic) bond motifs is 1. The van der Waals surface area contributed by atoms with Gasteiger partial charge >= 0.3 is 6.09 Å². The Morgan fingerprint density at radius 2 is 2.15 bits per heavy atom. The minimum atomic E-state index is -0.615. The van der Waals surface area contributed by atoms with Crippen LogP contribution >= 0.6 is 11.6 Å². The number of ether oxygens (including phenoxy) is 1. The van der Waals surface area contributed by atoms with Gasteiger partial charge < -0.3 is 15.2 Å². The molecule has 2 N–H and O–H groups in total. The highest BCUT2D eigenvalue weighted by Gasteiger charge is 2.30. The lowest BCUT2D eigenvalue weighted by molar-refractivity contribution is 0.0399. The Morgan fingerprint density at radius 1 is 1.45 bits per heavy atom. The van der Waals surface area contributed by atoms with Crippen molar-refractivity contribution in [2.45, 2.75) is 51.4 Å². The zero-order chi connectivity index (χ0) is 14.9. The van der Waals surface area contributed by atoms with Gasteiger partial charge in [-0.15, -0.1) is 0 Å². The summed E-state index contributed by atoms with van der Waals surface area (Å²) in [6, 6.07) is 5.04. The lowest BCUT2D eigenvalue weighted by Gasteiger charge is -2.32. The van der Waals surface area contributed by atoms with Crippen LogP contribution in [0.4, 0.5) is 4.79 Å². The van der Waals surface area contributed by atoms with E-state index >= 15 is 0 Å². The molecule has 5 heteroatoms. The Bertz CT molecular complexity index is 510. The summed E-state index contributed by atoms with van der Waals surface area (Å²) in [4.78, 5) is 11.9. The molecular weight excluding hydrogens is 278 g/mol. The normalized spacial score (nSPS) is 22.1. The maximum absolute atomic E-state index is 11.9. The number of nitrogens with one attached hydrogen (secondary N) is 1. The number of halogens is 1. The van der Waals surface area contributed by atoms with Crippen molar-refractivity contribution in [3.63, 3.8) is 0 Å². The fourth-order valence-electron chi connectivity index (χ4n) is 2.38. The molecule has 110 valence electrons. The van der Waals surface area contributed by atoms with Crippen molar-refractivity contribution < 1.29 is 14.6 Å². The van der Waals surface area contributed by atoms with E-state index in [9.17, 15) is 9.90 Å². The average molecular weight is 298 g/mol. The van der Waals surface area contributed by atoms with E-state index in [1.165, 1.54) is 0 Å². The standard InChI is InChI=1S/C15H20ClNO3/c1-15(2,3)20-14(19)17-13-11-6-5-10(16)8-9(11)4-7-12(13)18/h5-6,8,12-13,18H,4,7H2,1-3H3,(H,17,19)/t12-,13+/m1/s1. The van der Waals surface area contributed by atoms with Crippen LogP contribution in [0.5, 0.6) is 0 Å². The van der Waals surface area contributed by atoms with Crippen molar-refractivity contribution >= 4 is 17.7 Å². The molecular formula is C15H20ClNO3. The van der Waals surface area contributed by atoms with Gasteiger partial charge in [0.25, 0.3) is 0 Å². The fraction of sp³-hybridized carbons (Fsp3) is 0.533. The van der Waals surface area contributed by atoms with Crippen LogP contribution in [0.2, 0.25) is 5.02 Å². The van der Waals surface area contributed by atoms with E-state index in [0.29, 0.717) is 11.4 Å². The average Bonchev–Trinajstić information content (AvgIpc) is 2.30. The Labute approximate surface area is 124 Å². The summed E-state index contributed by atoms with van der Waals surface area (Å²) in [6.07, 6.45) is 0.206. The van der Waals surface area contributed by atoms with Crippen molar-refractivity contribution in [1.29, 1.82) is 0 Å². The summed E-state index contributed by atoms with van der Waals surface area (Å²) >= 11 is 5.98. The van der Waals surface area contributed by atoms with Gasteiger partial charge in [0.1, 0.15) is 5.60 Å². The molecule has 0 fully saturated rings. The molecule has 0 aliphatic heterocycles. The van der Waals surface area contributed by atoms with Gasteiger partial charge in [0.05, 0.1) is 12.1 Å². The van der Waals surface area contributed by atoms with Gasteiger partial charge in [0, 0.05) is 5.02 Å². The second-order valence-corrected chi connectivity index (χ2v) is 6.51. The molecule has 1 amide bonds. The molecule has 4 nitrogen and oxygen atoms in total. The Morgan fingerprint density at radius 3 is 2.80 bits per heavy atom. The Kier molecular flexibility index (Phi) is 4.25. The highest BCUT2D eigenvalue weighted by atomic mass is 35.5. The van der Waals surface area contributed by atoms with Crippen molar-refractivity contribution in [2.75, 3.05) is 0 Å². The zero-order valence-electron chi connectivity index (χ0n) is 11.9. The van der Waals surface area contributed by atoms with Gasteiger partial charge in [-0.2, -0.15) is 0 Å². The third kappa shape index (κ3) is 3.64. The lowest BCUT2D eigenvalue weighted by atomic mass is 9.86. The van der Waals surface area contributed by atoms with Crippen LogP contribution in [-0.4, -0.2) is 22.9 Å². The van der Waals surface area contributed by atoms with Crippen LogP contribution in [-0.2, 0) is 11.2 Å². The molecule has 0 saturated heterocycles. The summed E-state index contributed by atoms with van der Waals surface area (Å²) < 4.78 is 5.24. The number of rotatable bonds is 1. The third-order valence-electron chi connectivity index (χ3n) is 3.21. The summed E-state index contributed by atoms with van der Waals surface area (Å²) in [5, 5.41) is 13.5. The number of aliphatic hydroxyl groups is 1. The second-order valence-electron chi connectivity index (χ2n) is 6.07. The number of alkyl carbamates (subject to hydrolysis) is 1. The quantitative estimate of drug-likeness (QED) is 0.837. The monoisotopic (exact) mass is 297 g/mol. The van der Waals surface area contributed by atoms with Crippen LogP contribution in [0.3, 0.4) is 0 Å². The molecule has 0 heterocycles. The van der Waals surface area contributed by atoms with Crippen molar-refractivity contribution in [3.05, 3.63) is 34.3 Å². The molecule has 0 radical (unpaired) electrons. The molecule has 2 rings (SSSR count). The molecule has 0 aromatic heterocycles. The SMILES string of the molecule is CC(C)(C)OC(=O)N[C@H]1c2ccc(Cl)cc2CC[C@H]1O. The van der Waals surface area contributed by atoms with Crippen LogP contribution in [0.1, 0.15) is 44.4 Å². The van der Waals surface area contributed by atoms with Gasteiger partial charge in [-0.05, 0) is 56.9 Å². The Balaban J connectivity index is 2.17. The van der Waals surface area contributed by atoms with Gasteiger partial charge in [-0.1, -0.05) is 17.7 Å². The maximum atomic E-state index is 11.9. The Hall–Kier alpha value is -1.26. The molecule has 2 atom stereocenters. The highest BCUT2D eigenvalue weighted by Crippen LogP contribution is 2.32. The van der Waals surface area contributed by atoms with E-state index in [-0.39, 0.29) is 0 Å². The van der Waals surface area contributed by atoms with E-state index in [0.717, 1.165) is 17.5 Å². The smallest absolute Gasteiger partial charge is 0.408 e. The number of carbonyl (C=O) groups is 1. The number of hydrogen-bond acceptors (Lipinski definition) is 3. The van der Waals surface area contributed by atoms with Crippen molar-refractivity contribution in [3.8, 4) is 0 Å². The molecule has 1 aliphatic rings. The van der Waals surface area contributed by atoms with E-state index in [4.69, 9.17) is 16.3 Å². The molecule has 1 aromatic carbocycles. The molecule has 20 heavy (non-hydrogen) atoms. The van der Waals surface area contributed by atoms with Gasteiger partial charge in [0.15, 0.2) is 0 Å². The third-order valence-corrected chi connectivity index (χ3v) is 3.44. The highest BCUT2D eigenvalue weighted by molar-refractivity contribution is 6.30. The summed E-state index contributed by atoms with van der Waals surface area (Å²) in [7, 11) is 0. The molecule has 0 unspecified atom stereocenters. The summed E-state index contributed by atoms with van der Waals surface area (Å²) in [5.74, 6) is 0. The first-order valence-corrected chi connectivity index (χ1v) is 7.10. The molecule has 0 spiro atoms. The maximum Gasteiger partial charge on any atom is 0.408 e. The van der Waals surface area contributed by atoms with Crippen molar-refractivity contribution in [2.24, 2.45) is 0 Å². The number of aliphatic hydroxyl groups excluding tert-OH is 1. The minimum Gasteiger partial charge on any atom is -0.444 e. The number of aryl methyl sites for hydroxylation is 1. The summed E-state index contributed by atoms with van der Waals surface area (Å²) in [6.45, 7) is 5.41. The largest absolute Gasteiger partial charge is 0.444 e. The van der Waals surface area contributed by atoms with E-state index < -0.39 is 23.8 Å². The number of amides is 1. The van der Waals surface area contributed by atoms with Gasteiger partial charge in [0.2, 0.25) is 0 Å². The minimum absolute atomic E-state index is 0.453. The van der Waals surface area contributed by atoms with E-state index in [1.54, 1.807) is 26.8 Å². The van der Waals surface area contributed by atoms with Crippen LogP contribution in [0.15, 0.2) is 18.2 Å². The zero-order valence-corrected chi connectivity index (χ0v) is 12.7. The first-order chi connectivity index (χ1) is 9.26. The fourth-order valence-corrected chi connectivity index (χ4v) is 2.57. The number of carbonyl (C=O) groups excluding carboxylic acids is 1. The predicted octanol–water partition coefficient (Wildman–Crippen LogP) is 3.21. The summed E-state index contributed by atoms with van der Waals surface area (Å²) in [5.41, 5.74) is 1.40. The predicted molar refractivity (Wildman–Crippen MR) is 77.9 cm³/mol. The molecule has 1 aromatic rings. The number of benzene rings is 1. The molecule has 0 saturated carbocycles. The van der Waals surface area contributed by atoms with Crippen LogP contribution < -0.4 is 5.32 Å². The van der Waals surface area contributed by atoms with Gasteiger partial charge in [-0.25, -0.2) is 4.79 Å². The lowest BCUT2D eigenvalue weighted by Crippen LogP contribution is -2.41. The second kappa shape index (κ2) is 5.62. The van der Waals surface area contributed by atoms with Crippen LogP contribution in [0.25, 0.3) is 0 Å².